The largest absolute Gasteiger partial charge is 0.296 e. The number of carbonyl (C=O) groups is 1. The van der Waals surface area contributed by atoms with Crippen LogP contribution in [0.1, 0.15) is 31.9 Å². The Kier molecular flexibility index (Phi) is 4.13. The molecule has 1 N–H and O–H groups in total. The number of hydrogen-bond donors (Lipinski definition) is 1. The smallest absolute Gasteiger partial charge is 0.226 e. The molecule has 0 atom stereocenters. The molecule has 0 aromatic carbocycles. The van der Waals surface area contributed by atoms with E-state index in [1.807, 2.05) is 13.0 Å². The molecule has 0 bridgehead atoms. The Labute approximate surface area is 154 Å². The number of pyridine rings is 2. The fourth-order valence-electron chi connectivity index (χ4n) is 3.58. The summed E-state index contributed by atoms with van der Waals surface area (Å²) in [5.74, 6) is -0.0213. The molecular weight excluding hydrogens is 352 g/mol. The second-order valence-electron chi connectivity index (χ2n) is 7.34. The minimum absolute atomic E-state index is 0.0298. The number of nitrogens with zero attached hydrogens (tertiary/aromatic N) is 4. The van der Waals surface area contributed by atoms with Crippen LogP contribution in [0.25, 0.3) is 17.0 Å². The maximum Gasteiger partial charge on any atom is 0.226 e. The van der Waals surface area contributed by atoms with Gasteiger partial charge in [0.05, 0.1) is 6.20 Å². The molecule has 3 aromatic heterocycles. The molecule has 0 aliphatic heterocycles. The summed E-state index contributed by atoms with van der Waals surface area (Å²) in [4.78, 5) is 25.4. The number of nitrogens with one attached hydrogen (secondary N) is 1. The number of rotatable bonds is 4. The molecule has 3 heterocycles. The van der Waals surface area contributed by atoms with Gasteiger partial charge in [-0.2, -0.15) is 0 Å². The number of alkyl halides is 1. The first kappa shape index (κ1) is 17.5. The van der Waals surface area contributed by atoms with Gasteiger partial charge >= 0.3 is 0 Å². The molecule has 8 heteroatoms. The molecule has 3 aromatic rings. The minimum atomic E-state index is -1.17. The second kappa shape index (κ2) is 6.37. The van der Waals surface area contributed by atoms with Crippen molar-refractivity contribution >= 4 is 23.0 Å². The van der Waals surface area contributed by atoms with Gasteiger partial charge < -0.3 is 0 Å². The number of amides is 1. The highest BCUT2D eigenvalue weighted by atomic mass is 19.1. The van der Waals surface area contributed by atoms with E-state index in [4.69, 9.17) is 0 Å². The topological polar surface area (TPSA) is 72.7 Å². The zero-order valence-electron chi connectivity index (χ0n) is 15.0. The van der Waals surface area contributed by atoms with Crippen LogP contribution >= 0.6 is 0 Å². The molecule has 140 valence electrons. The molecule has 1 fully saturated rings. The van der Waals surface area contributed by atoms with Gasteiger partial charge in [0.15, 0.2) is 5.65 Å². The lowest BCUT2D eigenvalue weighted by atomic mass is 9.72. The first-order valence-electron chi connectivity index (χ1n) is 8.77. The standard InChI is InChI=1S/C19H19F2N5O/c1-11-3-5-14-17(23-11)26(15-6-4-13(20)10-22-15)18(24-14)25-16(27)7-12-8-19(2,21)9-12/h3-6,10,12H,7-9H2,1-2H3,(H,24,25,27). The molecule has 4 rings (SSSR count). The van der Waals surface area contributed by atoms with Gasteiger partial charge in [-0.05, 0) is 56.9 Å². The minimum Gasteiger partial charge on any atom is -0.296 e. The molecule has 0 spiro atoms. The quantitative estimate of drug-likeness (QED) is 0.758. The molecule has 1 aliphatic rings. The van der Waals surface area contributed by atoms with Crippen LogP contribution in [0, 0.1) is 18.7 Å². The third-order valence-electron chi connectivity index (χ3n) is 4.74. The fourth-order valence-corrected chi connectivity index (χ4v) is 3.58. The van der Waals surface area contributed by atoms with E-state index in [-0.39, 0.29) is 24.2 Å². The zero-order chi connectivity index (χ0) is 19.2. The Hall–Kier alpha value is -2.90. The van der Waals surface area contributed by atoms with E-state index in [1.165, 1.54) is 12.1 Å². The number of imidazole rings is 1. The van der Waals surface area contributed by atoms with Gasteiger partial charge in [-0.25, -0.2) is 28.3 Å². The Bertz CT molecular complexity index is 1000. The van der Waals surface area contributed by atoms with E-state index in [9.17, 15) is 13.6 Å². The van der Waals surface area contributed by atoms with Gasteiger partial charge in [-0.1, -0.05) is 0 Å². The van der Waals surface area contributed by atoms with Gasteiger partial charge in [0.25, 0.3) is 0 Å². The maximum absolute atomic E-state index is 13.6. The van der Waals surface area contributed by atoms with E-state index in [1.54, 1.807) is 17.6 Å². The van der Waals surface area contributed by atoms with Crippen LogP contribution in [0.15, 0.2) is 30.5 Å². The number of fused-ring (bicyclic) bond motifs is 1. The number of hydrogen-bond acceptors (Lipinski definition) is 4. The monoisotopic (exact) mass is 371 g/mol. The van der Waals surface area contributed by atoms with Gasteiger partial charge in [0, 0.05) is 12.1 Å². The molecule has 0 radical (unpaired) electrons. The molecular formula is C19H19F2N5O. The summed E-state index contributed by atoms with van der Waals surface area (Å²) in [6.07, 6.45) is 2.10. The SMILES string of the molecule is Cc1ccc2nc(NC(=O)CC3CC(C)(F)C3)n(-c3ccc(F)cn3)c2n1. The van der Waals surface area contributed by atoms with Crippen LogP contribution in [0.4, 0.5) is 14.7 Å². The molecule has 27 heavy (non-hydrogen) atoms. The summed E-state index contributed by atoms with van der Waals surface area (Å²) in [6.45, 7) is 3.40. The molecule has 0 saturated heterocycles. The highest BCUT2D eigenvalue weighted by Crippen LogP contribution is 2.42. The average molecular weight is 371 g/mol. The van der Waals surface area contributed by atoms with Gasteiger partial charge in [-0.15, -0.1) is 0 Å². The van der Waals surface area contributed by atoms with Gasteiger partial charge in [0.1, 0.15) is 22.8 Å². The Balaban J connectivity index is 1.66. The van der Waals surface area contributed by atoms with E-state index in [0.29, 0.717) is 29.8 Å². The lowest BCUT2D eigenvalue weighted by Crippen LogP contribution is -2.38. The molecule has 0 unspecified atom stereocenters. The number of anilines is 1. The van der Waals surface area contributed by atoms with Crippen molar-refractivity contribution in [1.29, 1.82) is 0 Å². The van der Waals surface area contributed by atoms with Crippen LogP contribution in [-0.4, -0.2) is 31.1 Å². The summed E-state index contributed by atoms with van der Waals surface area (Å²) < 4.78 is 28.5. The van der Waals surface area contributed by atoms with E-state index < -0.39 is 11.5 Å². The summed E-state index contributed by atoms with van der Waals surface area (Å²) >= 11 is 0. The number of carbonyl (C=O) groups excluding carboxylic acids is 1. The zero-order valence-corrected chi connectivity index (χ0v) is 15.0. The molecule has 1 aliphatic carbocycles. The Morgan fingerprint density at radius 1 is 1.30 bits per heavy atom. The van der Waals surface area contributed by atoms with Gasteiger partial charge in [-0.3, -0.25) is 10.1 Å². The number of aryl methyl sites for hydroxylation is 1. The lowest BCUT2D eigenvalue weighted by molar-refractivity contribution is -0.119. The van der Waals surface area contributed by atoms with E-state index in [2.05, 4.69) is 20.3 Å². The molecule has 1 amide bonds. The number of aromatic nitrogens is 4. The van der Waals surface area contributed by atoms with Crippen molar-refractivity contribution < 1.29 is 13.6 Å². The fraction of sp³-hybridized carbons (Fsp3) is 0.368. The summed E-state index contributed by atoms with van der Waals surface area (Å²) in [5.41, 5.74) is 0.712. The Morgan fingerprint density at radius 2 is 2.07 bits per heavy atom. The van der Waals surface area contributed by atoms with E-state index in [0.717, 1.165) is 11.9 Å². The highest BCUT2D eigenvalue weighted by Gasteiger charge is 2.41. The molecule has 1 saturated carbocycles. The average Bonchev–Trinajstić information content (AvgIpc) is 2.91. The first-order chi connectivity index (χ1) is 12.8. The third-order valence-corrected chi connectivity index (χ3v) is 4.74. The summed E-state index contributed by atoms with van der Waals surface area (Å²) in [7, 11) is 0. The van der Waals surface area contributed by atoms with Crippen LogP contribution < -0.4 is 5.32 Å². The van der Waals surface area contributed by atoms with Crippen molar-refractivity contribution in [3.05, 3.63) is 42.0 Å². The predicted octanol–water partition coefficient (Wildman–Crippen LogP) is 3.73. The van der Waals surface area contributed by atoms with Crippen LogP contribution in [0.2, 0.25) is 0 Å². The predicted molar refractivity (Wildman–Crippen MR) is 96.8 cm³/mol. The van der Waals surface area contributed by atoms with Crippen LogP contribution in [0.3, 0.4) is 0 Å². The van der Waals surface area contributed by atoms with Gasteiger partial charge in [0.2, 0.25) is 11.9 Å². The third kappa shape index (κ3) is 3.51. The summed E-state index contributed by atoms with van der Waals surface area (Å²) in [5, 5.41) is 2.78. The Morgan fingerprint density at radius 3 is 2.74 bits per heavy atom. The summed E-state index contributed by atoms with van der Waals surface area (Å²) in [6, 6.07) is 6.40. The van der Waals surface area contributed by atoms with Crippen molar-refractivity contribution in [1.82, 2.24) is 19.5 Å². The van der Waals surface area contributed by atoms with Crippen molar-refractivity contribution in [2.24, 2.45) is 5.92 Å². The van der Waals surface area contributed by atoms with Crippen LogP contribution in [-0.2, 0) is 4.79 Å². The first-order valence-corrected chi connectivity index (χ1v) is 8.77. The van der Waals surface area contributed by atoms with E-state index >= 15 is 0 Å². The van der Waals surface area contributed by atoms with Crippen molar-refractivity contribution in [3.8, 4) is 5.82 Å². The second-order valence-corrected chi connectivity index (χ2v) is 7.34. The van der Waals surface area contributed by atoms with Crippen molar-refractivity contribution in [3.63, 3.8) is 0 Å². The molecule has 6 nitrogen and oxygen atoms in total. The van der Waals surface area contributed by atoms with Crippen LogP contribution in [0.5, 0.6) is 0 Å². The maximum atomic E-state index is 13.6. The van der Waals surface area contributed by atoms with Crippen molar-refractivity contribution in [2.45, 2.75) is 38.8 Å². The highest BCUT2D eigenvalue weighted by molar-refractivity contribution is 5.91. The lowest BCUT2D eigenvalue weighted by Gasteiger charge is -2.38. The number of halogens is 2. The van der Waals surface area contributed by atoms with Crippen molar-refractivity contribution in [2.75, 3.05) is 5.32 Å². The normalized spacial score (nSPS) is 21.9.